The standard InChI is InChI=1S/C14H23N3O2/c1-10-3-4-11(7-10)14-16-12(8-13(18)17-14)9-15-5-6-19-2/h8,10-11,15H,3-7,9H2,1-2H3,(H,16,17,18). The highest BCUT2D eigenvalue weighted by atomic mass is 16.5. The normalized spacial score (nSPS) is 22.8. The first kappa shape index (κ1) is 14.2. The number of nitrogens with zero attached hydrogens (tertiary/aromatic N) is 1. The van der Waals surface area contributed by atoms with Gasteiger partial charge in [0, 0.05) is 32.2 Å². The summed E-state index contributed by atoms with van der Waals surface area (Å²) < 4.78 is 4.97. The molecule has 1 aromatic heterocycles. The van der Waals surface area contributed by atoms with Gasteiger partial charge in [-0.1, -0.05) is 6.92 Å². The van der Waals surface area contributed by atoms with E-state index in [1.165, 1.54) is 6.42 Å². The van der Waals surface area contributed by atoms with Gasteiger partial charge >= 0.3 is 0 Å². The van der Waals surface area contributed by atoms with E-state index < -0.39 is 0 Å². The summed E-state index contributed by atoms with van der Waals surface area (Å²) in [5.41, 5.74) is 0.766. The van der Waals surface area contributed by atoms with Crippen molar-refractivity contribution in [3.63, 3.8) is 0 Å². The van der Waals surface area contributed by atoms with Gasteiger partial charge in [0.25, 0.3) is 5.56 Å². The number of hydrogen-bond donors (Lipinski definition) is 2. The van der Waals surface area contributed by atoms with Crippen LogP contribution in [0.25, 0.3) is 0 Å². The molecule has 0 saturated heterocycles. The minimum atomic E-state index is -0.0481. The monoisotopic (exact) mass is 265 g/mol. The summed E-state index contributed by atoms with van der Waals surface area (Å²) in [6.45, 7) is 4.30. The van der Waals surface area contributed by atoms with Crippen molar-refractivity contribution in [3.8, 4) is 0 Å². The Hall–Kier alpha value is -1.20. The summed E-state index contributed by atoms with van der Waals surface area (Å²) in [4.78, 5) is 19.2. The minimum absolute atomic E-state index is 0.0481. The SMILES string of the molecule is COCCNCc1cc(=O)[nH]c(C2CCC(C)C2)n1. The molecule has 2 rings (SSSR count). The van der Waals surface area contributed by atoms with E-state index in [-0.39, 0.29) is 5.56 Å². The van der Waals surface area contributed by atoms with E-state index in [1.54, 1.807) is 13.2 Å². The Morgan fingerprint density at radius 1 is 1.53 bits per heavy atom. The zero-order valence-electron chi connectivity index (χ0n) is 11.7. The van der Waals surface area contributed by atoms with Crippen molar-refractivity contribution in [1.82, 2.24) is 15.3 Å². The van der Waals surface area contributed by atoms with Crippen LogP contribution in [0, 0.1) is 5.92 Å². The van der Waals surface area contributed by atoms with Crippen molar-refractivity contribution in [3.05, 3.63) is 27.9 Å². The number of H-pyrrole nitrogens is 1. The maximum atomic E-state index is 11.7. The molecule has 2 N–H and O–H groups in total. The lowest BCUT2D eigenvalue weighted by Crippen LogP contribution is -2.22. The minimum Gasteiger partial charge on any atom is -0.383 e. The number of aromatic amines is 1. The molecule has 5 nitrogen and oxygen atoms in total. The van der Waals surface area contributed by atoms with E-state index in [0.717, 1.165) is 36.8 Å². The average Bonchev–Trinajstić information content (AvgIpc) is 2.81. The molecule has 2 unspecified atom stereocenters. The van der Waals surface area contributed by atoms with E-state index in [9.17, 15) is 4.79 Å². The maximum absolute atomic E-state index is 11.7. The Morgan fingerprint density at radius 3 is 3.05 bits per heavy atom. The summed E-state index contributed by atoms with van der Waals surface area (Å²) >= 11 is 0. The number of ether oxygens (including phenoxy) is 1. The molecule has 1 saturated carbocycles. The lowest BCUT2D eigenvalue weighted by molar-refractivity contribution is 0.199. The molecule has 0 aliphatic heterocycles. The third-order valence-electron chi connectivity index (χ3n) is 3.68. The van der Waals surface area contributed by atoms with Crippen LogP contribution in [0.2, 0.25) is 0 Å². The van der Waals surface area contributed by atoms with Gasteiger partial charge in [-0.2, -0.15) is 0 Å². The molecule has 19 heavy (non-hydrogen) atoms. The first-order valence-electron chi connectivity index (χ1n) is 6.99. The fourth-order valence-electron chi connectivity index (χ4n) is 2.66. The number of nitrogens with one attached hydrogen (secondary N) is 2. The van der Waals surface area contributed by atoms with E-state index in [1.807, 2.05) is 0 Å². The Labute approximate surface area is 113 Å². The van der Waals surface area contributed by atoms with Gasteiger partial charge in [-0.25, -0.2) is 4.98 Å². The van der Waals surface area contributed by atoms with Crippen LogP contribution in [0.5, 0.6) is 0 Å². The summed E-state index contributed by atoms with van der Waals surface area (Å²) in [6.07, 6.45) is 3.48. The molecule has 1 heterocycles. The fourth-order valence-corrected chi connectivity index (χ4v) is 2.66. The zero-order valence-corrected chi connectivity index (χ0v) is 11.7. The molecule has 5 heteroatoms. The summed E-state index contributed by atoms with van der Waals surface area (Å²) in [6, 6.07) is 1.57. The molecule has 1 fully saturated rings. The Kier molecular flexibility index (Phi) is 5.10. The average molecular weight is 265 g/mol. The molecule has 0 amide bonds. The lowest BCUT2D eigenvalue weighted by atomic mass is 10.1. The number of methoxy groups -OCH3 is 1. The van der Waals surface area contributed by atoms with Crippen LogP contribution in [0.15, 0.2) is 10.9 Å². The van der Waals surface area contributed by atoms with E-state index in [0.29, 0.717) is 19.1 Å². The second-order valence-electron chi connectivity index (χ2n) is 5.41. The quantitative estimate of drug-likeness (QED) is 0.763. The molecule has 2 atom stereocenters. The molecule has 1 aliphatic carbocycles. The van der Waals surface area contributed by atoms with Gasteiger partial charge < -0.3 is 15.0 Å². The second-order valence-corrected chi connectivity index (χ2v) is 5.41. The van der Waals surface area contributed by atoms with Crippen LogP contribution < -0.4 is 10.9 Å². The first-order chi connectivity index (χ1) is 9.19. The van der Waals surface area contributed by atoms with Crippen molar-refractivity contribution in [2.24, 2.45) is 5.92 Å². The van der Waals surface area contributed by atoms with Crippen molar-refractivity contribution in [2.45, 2.75) is 38.6 Å². The first-order valence-corrected chi connectivity index (χ1v) is 6.99. The Balaban J connectivity index is 2.00. The highest BCUT2D eigenvalue weighted by molar-refractivity contribution is 5.07. The van der Waals surface area contributed by atoms with Crippen molar-refractivity contribution < 1.29 is 4.74 Å². The molecular formula is C14H23N3O2. The maximum Gasteiger partial charge on any atom is 0.251 e. The van der Waals surface area contributed by atoms with Gasteiger partial charge in [0.2, 0.25) is 0 Å². The third kappa shape index (κ3) is 4.14. The van der Waals surface area contributed by atoms with E-state index >= 15 is 0 Å². The summed E-state index contributed by atoms with van der Waals surface area (Å²) in [7, 11) is 1.67. The highest BCUT2D eigenvalue weighted by Gasteiger charge is 2.24. The van der Waals surface area contributed by atoms with Crippen molar-refractivity contribution >= 4 is 0 Å². The van der Waals surface area contributed by atoms with Crippen LogP contribution in [0.3, 0.4) is 0 Å². The van der Waals surface area contributed by atoms with E-state index in [4.69, 9.17) is 4.74 Å². The lowest BCUT2D eigenvalue weighted by Gasteiger charge is -2.10. The molecule has 0 radical (unpaired) electrons. The van der Waals surface area contributed by atoms with Gasteiger partial charge in [0.05, 0.1) is 12.3 Å². The number of hydrogen-bond acceptors (Lipinski definition) is 4. The second kappa shape index (κ2) is 6.82. The van der Waals surface area contributed by atoms with E-state index in [2.05, 4.69) is 22.2 Å². The number of rotatable bonds is 6. The molecule has 1 aliphatic rings. The van der Waals surface area contributed by atoms with Crippen LogP contribution in [0.4, 0.5) is 0 Å². The number of aromatic nitrogens is 2. The largest absolute Gasteiger partial charge is 0.383 e. The Bertz CT molecular complexity index is 458. The molecular weight excluding hydrogens is 242 g/mol. The predicted molar refractivity (Wildman–Crippen MR) is 74.2 cm³/mol. The van der Waals surface area contributed by atoms with Crippen LogP contribution >= 0.6 is 0 Å². The van der Waals surface area contributed by atoms with Crippen molar-refractivity contribution in [2.75, 3.05) is 20.3 Å². The topological polar surface area (TPSA) is 67.0 Å². The fraction of sp³-hybridized carbons (Fsp3) is 0.714. The van der Waals surface area contributed by atoms with Gasteiger partial charge in [0.1, 0.15) is 5.82 Å². The van der Waals surface area contributed by atoms with Crippen LogP contribution in [-0.2, 0) is 11.3 Å². The molecule has 1 aromatic rings. The molecule has 106 valence electrons. The Morgan fingerprint density at radius 2 is 2.37 bits per heavy atom. The molecule has 0 aromatic carbocycles. The van der Waals surface area contributed by atoms with Gasteiger partial charge in [-0.3, -0.25) is 4.79 Å². The summed E-state index contributed by atoms with van der Waals surface area (Å²) in [5, 5.41) is 3.22. The van der Waals surface area contributed by atoms with Crippen molar-refractivity contribution in [1.29, 1.82) is 0 Å². The van der Waals surface area contributed by atoms with Gasteiger partial charge in [-0.05, 0) is 25.2 Å². The molecule has 0 spiro atoms. The third-order valence-corrected chi connectivity index (χ3v) is 3.68. The molecule has 0 bridgehead atoms. The predicted octanol–water partition coefficient (Wildman–Crippen LogP) is 1.41. The van der Waals surface area contributed by atoms with Crippen LogP contribution in [0.1, 0.15) is 43.6 Å². The zero-order chi connectivity index (χ0) is 13.7. The summed E-state index contributed by atoms with van der Waals surface area (Å²) in [5.74, 6) is 2.01. The van der Waals surface area contributed by atoms with Gasteiger partial charge in [0.15, 0.2) is 0 Å². The highest BCUT2D eigenvalue weighted by Crippen LogP contribution is 2.35. The van der Waals surface area contributed by atoms with Crippen LogP contribution in [-0.4, -0.2) is 30.2 Å². The van der Waals surface area contributed by atoms with Gasteiger partial charge in [-0.15, -0.1) is 0 Å². The smallest absolute Gasteiger partial charge is 0.251 e.